The molecule has 2 rings (SSSR count). The van der Waals surface area contributed by atoms with E-state index in [1.54, 1.807) is 18.2 Å². The fourth-order valence-corrected chi connectivity index (χ4v) is 3.87. The molecule has 1 aliphatic heterocycles. The Bertz CT molecular complexity index is 660. The van der Waals surface area contributed by atoms with Crippen LogP contribution in [0.4, 0.5) is 4.39 Å². The smallest absolute Gasteiger partial charge is 0.234 e. The van der Waals surface area contributed by atoms with Crippen molar-refractivity contribution >= 4 is 15.7 Å². The summed E-state index contributed by atoms with van der Waals surface area (Å²) < 4.78 is 36.6. The molecule has 0 saturated carbocycles. The molecule has 1 heterocycles. The summed E-state index contributed by atoms with van der Waals surface area (Å²) in [5, 5.41) is 2.82. The van der Waals surface area contributed by atoms with Crippen LogP contribution in [0.2, 0.25) is 0 Å². The molecule has 1 amide bonds. The van der Waals surface area contributed by atoms with Gasteiger partial charge in [0.05, 0.1) is 18.1 Å². The second-order valence-electron chi connectivity index (χ2n) is 6.57. The lowest BCUT2D eigenvalue weighted by Crippen LogP contribution is -2.47. The number of amides is 1. The predicted molar refractivity (Wildman–Crippen MR) is 87.5 cm³/mol. The number of carbonyl (C=O) groups excluding carboxylic acids is 1. The van der Waals surface area contributed by atoms with E-state index in [4.69, 9.17) is 0 Å². The van der Waals surface area contributed by atoms with E-state index < -0.39 is 15.3 Å². The van der Waals surface area contributed by atoms with Crippen molar-refractivity contribution in [1.82, 2.24) is 10.2 Å². The number of nitrogens with one attached hydrogen (secondary N) is 1. The third kappa shape index (κ3) is 5.00. The zero-order valence-electron chi connectivity index (χ0n) is 13.5. The summed E-state index contributed by atoms with van der Waals surface area (Å²) >= 11 is 0. The monoisotopic (exact) mass is 342 g/mol. The fourth-order valence-electron chi connectivity index (χ4n) is 2.59. The van der Waals surface area contributed by atoms with Crippen LogP contribution in [0.1, 0.15) is 19.4 Å². The third-order valence-electron chi connectivity index (χ3n) is 4.13. The molecule has 0 aromatic heterocycles. The topological polar surface area (TPSA) is 66.5 Å². The van der Waals surface area contributed by atoms with Crippen molar-refractivity contribution in [2.45, 2.75) is 19.3 Å². The Morgan fingerprint density at radius 2 is 1.87 bits per heavy atom. The van der Waals surface area contributed by atoms with Crippen LogP contribution in [0.5, 0.6) is 0 Å². The van der Waals surface area contributed by atoms with Crippen molar-refractivity contribution < 1.29 is 17.6 Å². The van der Waals surface area contributed by atoms with Gasteiger partial charge < -0.3 is 5.32 Å². The lowest BCUT2D eigenvalue weighted by Gasteiger charge is -2.28. The van der Waals surface area contributed by atoms with Crippen LogP contribution < -0.4 is 5.32 Å². The fraction of sp³-hybridized carbons (Fsp3) is 0.562. The average Bonchev–Trinajstić information content (AvgIpc) is 2.48. The SMILES string of the molecule is CC(C)(CNC(=O)CN1CCS(=O)(=O)CC1)c1ccccc1F. The summed E-state index contributed by atoms with van der Waals surface area (Å²) in [6.07, 6.45) is 0. The third-order valence-corrected chi connectivity index (χ3v) is 5.74. The van der Waals surface area contributed by atoms with Crippen molar-refractivity contribution in [3.8, 4) is 0 Å². The molecule has 0 unspecified atom stereocenters. The highest BCUT2D eigenvalue weighted by Crippen LogP contribution is 2.24. The standard InChI is InChI=1S/C16H23FN2O3S/c1-16(2,13-5-3-4-6-14(13)17)12-18-15(20)11-19-7-9-23(21,22)10-8-19/h3-6H,7-12H2,1-2H3,(H,18,20). The zero-order valence-corrected chi connectivity index (χ0v) is 14.3. The molecule has 1 aromatic rings. The maximum atomic E-state index is 13.9. The second kappa shape index (κ2) is 6.97. The molecule has 1 fully saturated rings. The number of hydrogen-bond acceptors (Lipinski definition) is 4. The number of carbonyl (C=O) groups is 1. The van der Waals surface area contributed by atoms with Crippen molar-refractivity contribution in [3.05, 3.63) is 35.6 Å². The number of halogens is 1. The van der Waals surface area contributed by atoms with Gasteiger partial charge in [-0.15, -0.1) is 0 Å². The van der Waals surface area contributed by atoms with Crippen molar-refractivity contribution in [1.29, 1.82) is 0 Å². The Morgan fingerprint density at radius 3 is 2.48 bits per heavy atom. The molecule has 0 radical (unpaired) electrons. The summed E-state index contributed by atoms with van der Waals surface area (Å²) in [6, 6.07) is 6.54. The second-order valence-corrected chi connectivity index (χ2v) is 8.87. The normalized spacial score (nSPS) is 18.6. The minimum absolute atomic E-state index is 0.0982. The molecule has 23 heavy (non-hydrogen) atoms. The molecule has 1 aromatic carbocycles. The van der Waals surface area contributed by atoms with E-state index in [-0.39, 0.29) is 29.8 Å². The quantitative estimate of drug-likeness (QED) is 0.865. The van der Waals surface area contributed by atoms with E-state index in [2.05, 4.69) is 5.32 Å². The van der Waals surface area contributed by atoms with Gasteiger partial charge in [0.25, 0.3) is 0 Å². The summed E-state index contributed by atoms with van der Waals surface area (Å²) in [6.45, 7) is 5.00. The zero-order chi connectivity index (χ0) is 17.1. The largest absolute Gasteiger partial charge is 0.354 e. The van der Waals surface area contributed by atoms with Gasteiger partial charge in [-0.3, -0.25) is 9.69 Å². The number of benzene rings is 1. The molecule has 0 atom stereocenters. The van der Waals surface area contributed by atoms with E-state index >= 15 is 0 Å². The summed E-state index contributed by atoms with van der Waals surface area (Å²) in [4.78, 5) is 13.9. The predicted octanol–water partition coefficient (Wildman–Crippen LogP) is 0.950. The van der Waals surface area contributed by atoms with Gasteiger partial charge in [0.15, 0.2) is 9.84 Å². The first-order valence-corrected chi connectivity index (χ1v) is 9.46. The highest BCUT2D eigenvalue weighted by molar-refractivity contribution is 7.91. The molecule has 5 nitrogen and oxygen atoms in total. The van der Waals surface area contributed by atoms with E-state index in [9.17, 15) is 17.6 Å². The van der Waals surface area contributed by atoms with Gasteiger partial charge in [0, 0.05) is 25.0 Å². The van der Waals surface area contributed by atoms with E-state index in [0.717, 1.165) is 0 Å². The number of hydrogen-bond donors (Lipinski definition) is 1. The number of rotatable bonds is 5. The van der Waals surface area contributed by atoms with Gasteiger partial charge in [0.2, 0.25) is 5.91 Å². The first-order chi connectivity index (χ1) is 10.7. The molecule has 1 aliphatic rings. The van der Waals surface area contributed by atoms with Crippen molar-refractivity contribution in [3.63, 3.8) is 0 Å². The molecule has 0 aliphatic carbocycles. The molecule has 7 heteroatoms. The van der Waals surface area contributed by atoms with Crippen molar-refractivity contribution in [2.75, 3.05) is 37.7 Å². The lowest BCUT2D eigenvalue weighted by molar-refractivity contribution is -0.122. The Labute approximate surface area is 136 Å². The first kappa shape index (κ1) is 17.9. The molecule has 0 spiro atoms. The van der Waals surface area contributed by atoms with Crippen LogP contribution in [0.15, 0.2) is 24.3 Å². The molecule has 1 N–H and O–H groups in total. The molecule has 0 bridgehead atoms. The van der Waals surface area contributed by atoms with Gasteiger partial charge in [-0.05, 0) is 11.6 Å². The summed E-state index contributed by atoms with van der Waals surface area (Å²) in [7, 11) is -2.94. The number of sulfone groups is 1. The van der Waals surface area contributed by atoms with Gasteiger partial charge >= 0.3 is 0 Å². The van der Waals surface area contributed by atoms with Crippen LogP contribution in [0.25, 0.3) is 0 Å². The Hall–Kier alpha value is -1.47. The van der Waals surface area contributed by atoms with E-state index in [1.807, 2.05) is 18.7 Å². The van der Waals surface area contributed by atoms with Gasteiger partial charge in [-0.2, -0.15) is 0 Å². The number of nitrogens with zero attached hydrogens (tertiary/aromatic N) is 1. The maximum absolute atomic E-state index is 13.9. The molecule has 128 valence electrons. The van der Waals surface area contributed by atoms with E-state index in [1.165, 1.54) is 6.07 Å². The van der Waals surface area contributed by atoms with Crippen LogP contribution in [-0.4, -0.2) is 56.9 Å². The van der Waals surface area contributed by atoms with Gasteiger partial charge in [-0.25, -0.2) is 12.8 Å². The Balaban J connectivity index is 1.86. The van der Waals surface area contributed by atoms with Gasteiger partial charge in [-0.1, -0.05) is 32.0 Å². The summed E-state index contributed by atoms with van der Waals surface area (Å²) in [5.74, 6) is -0.260. The van der Waals surface area contributed by atoms with Crippen molar-refractivity contribution in [2.24, 2.45) is 0 Å². The Kier molecular flexibility index (Phi) is 5.41. The maximum Gasteiger partial charge on any atom is 0.234 e. The minimum atomic E-state index is -2.94. The Morgan fingerprint density at radius 1 is 1.26 bits per heavy atom. The van der Waals surface area contributed by atoms with E-state index in [0.29, 0.717) is 25.2 Å². The van der Waals surface area contributed by atoms with Crippen LogP contribution in [0.3, 0.4) is 0 Å². The molecular weight excluding hydrogens is 319 g/mol. The lowest BCUT2D eigenvalue weighted by atomic mass is 9.84. The van der Waals surface area contributed by atoms with Crippen LogP contribution >= 0.6 is 0 Å². The van der Waals surface area contributed by atoms with Crippen LogP contribution in [-0.2, 0) is 20.0 Å². The highest BCUT2D eigenvalue weighted by Gasteiger charge is 2.26. The summed E-state index contributed by atoms with van der Waals surface area (Å²) in [5.41, 5.74) is 0.0380. The molecule has 1 saturated heterocycles. The molecular formula is C16H23FN2O3S. The van der Waals surface area contributed by atoms with Gasteiger partial charge in [0.1, 0.15) is 5.82 Å². The highest BCUT2D eigenvalue weighted by atomic mass is 32.2. The minimum Gasteiger partial charge on any atom is -0.354 e. The first-order valence-electron chi connectivity index (χ1n) is 7.64. The average molecular weight is 342 g/mol. The van der Waals surface area contributed by atoms with Crippen LogP contribution in [0, 0.1) is 5.82 Å².